The Morgan fingerprint density at radius 1 is 1.40 bits per heavy atom. The number of hydrogen-bond donors (Lipinski definition) is 1. The van der Waals surface area contributed by atoms with Gasteiger partial charge in [0, 0.05) is 18.1 Å². The summed E-state index contributed by atoms with van der Waals surface area (Å²) in [5.74, 6) is 2.13. The Kier molecular flexibility index (Phi) is 5.29. The monoisotopic (exact) mass is 244 g/mol. The van der Waals surface area contributed by atoms with Crippen LogP contribution in [-0.2, 0) is 5.75 Å². The maximum atomic E-state index is 5.85. The van der Waals surface area contributed by atoms with Crippen molar-refractivity contribution in [3.63, 3.8) is 0 Å². The van der Waals surface area contributed by atoms with E-state index in [0.29, 0.717) is 10.7 Å². The van der Waals surface area contributed by atoms with Crippen molar-refractivity contribution in [3.8, 4) is 0 Å². The minimum atomic E-state index is 0.636. The standard InChI is InChI=1S/C11H17ClN2S/c1-14(2)5-6-15-8-9-3-4-10(12)11(13)7-9/h3-4,7H,5-6,8,13H2,1-2H3. The van der Waals surface area contributed by atoms with Gasteiger partial charge in [0.2, 0.25) is 0 Å². The molecule has 15 heavy (non-hydrogen) atoms. The van der Waals surface area contributed by atoms with E-state index in [4.69, 9.17) is 17.3 Å². The second-order valence-corrected chi connectivity index (χ2v) is 5.22. The van der Waals surface area contributed by atoms with Gasteiger partial charge in [-0.25, -0.2) is 0 Å². The molecule has 0 radical (unpaired) electrons. The minimum Gasteiger partial charge on any atom is -0.398 e. The molecule has 0 saturated carbocycles. The van der Waals surface area contributed by atoms with Crippen molar-refractivity contribution in [2.24, 2.45) is 0 Å². The van der Waals surface area contributed by atoms with Crippen LogP contribution in [0.15, 0.2) is 18.2 Å². The molecule has 0 aliphatic carbocycles. The summed E-state index contributed by atoms with van der Waals surface area (Å²) in [5.41, 5.74) is 7.63. The third kappa shape index (κ3) is 4.78. The first-order valence-electron chi connectivity index (χ1n) is 4.86. The fraction of sp³-hybridized carbons (Fsp3) is 0.455. The van der Waals surface area contributed by atoms with Gasteiger partial charge in [-0.3, -0.25) is 0 Å². The topological polar surface area (TPSA) is 29.3 Å². The number of thioether (sulfide) groups is 1. The molecule has 0 unspecified atom stereocenters. The Hall–Kier alpha value is -0.380. The van der Waals surface area contributed by atoms with Gasteiger partial charge < -0.3 is 10.6 Å². The van der Waals surface area contributed by atoms with Crippen LogP contribution in [0.4, 0.5) is 5.69 Å². The first kappa shape index (κ1) is 12.7. The Morgan fingerprint density at radius 2 is 2.13 bits per heavy atom. The van der Waals surface area contributed by atoms with E-state index in [1.165, 1.54) is 5.56 Å². The highest BCUT2D eigenvalue weighted by Crippen LogP contribution is 2.22. The maximum Gasteiger partial charge on any atom is 0.0635 e. The zero-order valence-electron chi connectivity index (χ0n) is 9.16. The Morgan fingerprint density at radius 3 is 2.73 bits per heavy atom. The van der Waals surface area contributed by atoms with Crippen LogP contribution in [-0.4, -0.2) is 31.3 Å². The molecule has 0 fully saturated rings. The van der Waals surface area contributed by atoms with Crippen molar-refractivity contribution in [1.29, 1.82) is 0 Å². The van der Waals surface area contributed by atoms with Gasteiger partial charge in [0.1, 0.15) is 0 Å². The van der Waals surface area contributed by atoms with E-state index in [-0.39, 0.29) is 0 Å². The van der Waals surface area contributed by atoms with E-state index in [1.54, 1.807) is 0 Å². The number of anilines is 1. The van der Waals surface area contributed by atoms with Gasteiger partial charge in [0.05, 0.1) is 10.7 Å². The summed E-state index contributed by atoms with van der Waals surface area (Å²) >= 11 is 7.75. The fourth-order valence-corrected chi connectivity index (χ4v) is 2.29. The molecule has 1 rings (SSSR count). The SMILES string of the molecule is CN(C)CCSCc1ccc(Cl)c(N)c1. The second-order valence-electron chi connectivity index (χ2n) is 3.71. The highest BCUT2D eigenvalue weighted by Gasteiger charge is 1.99. The van der Waals surface area contributed by atoms with Crippen LogP contribution in [0.5, 0.6) is 0 Å². The molecular formula is C11H17ClN2S. The highest BCUT2D eigenvalue weighted by molar-refractivity contribution is 7.98. The highest BCUT2D eigenvalue weighted by atomic mass is 35.5. The van der Waals surface area contributed by atoms with Gasteiger partial charge in [-0.1, -0.05) is 17.7 Å². The normalized spacial score (nSPS) is 10.9. The summed E-state index contributed by atoms with van der Waals surface area (Å²) in [6.45, 7) is 1.10. The molecule has 1 aromatic rings. The van der Waals surface area contributed by atoms with Crippen molar-refractivity contribution in [1.82, 2.24) is 4.90 Å². The lowest BCUT2D eigenvalue weighted by Crippen LogP contribution is -2.14. The number of halogens is 1. The average molecular weight is 245 g/mol. The predicted molar refractivity (Wildman–Crippen MR) is 70.6 cm³/mol. The van der Waals surface area contributed by atoms with Gasteiger partial charge in [-0.15, -0.1) is 0 Å². The maximum absolute atomic E-state index is 5.85. The molecule has 4 heteroatoms. The molecule has 0 aromatic heterocycles. The van der Waals surface area contributed by atoms with E-state index in [1.807, 2.05) is 30.0 Å². The minimum absolute atomic E-state index is 0.636. The lowest BCUT2D eigenvalue weighted by atomic mass is 10.2. The van der Waals surface area contributed by atoms with E-state index in [9.17, 15) is 0 Å². The molecule has 2 nitrogen and oxygen atoms in total. The Labute approximate surface area is 101 Å². The third-order valence-corrected chi connectivity index (χ3v) is 3.36. The first-order valence-corrected chi connectivity index (χ1v) is 6.39. The van der Waals surface area contributed by atoms with Crippen molar-refractivity contribution in [2.45, 2.75) is 5.75 Å². The molecule has 0 spiro atoms. The molecule has 0 atom stereocenters. The van der Waals surface area contributed by atoms with Crippen LogP contribution in [0.3, 0.4) is 0 Å². The second kappa shape index (κ2) is 6.26. The van der Waals surface area contributed by atoms with Crippen LogP contribution in [0.25, 0.3) is 0 Å². The molecule has 0 aliphatic rings. The van der Waals surface area contributed by atoms with Crippen molar-refractivity contribution < 1.29 is 0 Å². The van der Waals surface area contributed by atoms with Gasteiger partial charge in [-0.2, -0.15) is 11.8 Å². The number of nitrogen functional groups attached to an aromatic ring is 1. The van der Waals surface area contributed by atoms with Gasteiger partial charge in [-0.05, 0) is 31.8 Å². The summed E-state index contributed by atoms with van der Waals surface area (Å²) in [6.07, 6.45) is 0. The number of hydrogen-bond acceptors (Lipinski definition) is 3. The fourth-order valence-electron chi connectivity index (χ4n) is 1.12. The smallest absolute Gasteiger partial charge is 0.0635 e. The number of rotatable bonds is 5. The molecular weight excluding hydrogens is 228 g/mol. The number of nitrogens with zero attached hydrogens (tertiary/aromatic N) is 1. The molecule has 0 aliphatic heterocycles. The van der Waals surface area contributed by atoms with E-state index in [0.717, 1.165) is 18.1 Å². The molecule has 0 heterocycles. The predicted octanol–water partition coefficient (Wildman–Crippen LogP) is 2.72. The van der Waals surface area contributed by atoms with Crippen LogP contribution >= 0.6 is 23.4 Å². The first-order chi connectivity index (χ1) is 7.09. The zero-order chi connectivity index (χ0) is 11.3. The van der Waals surface area contributed by atoms with E-state index >= 15 is 0 Å². The summed E-state index contributed by atoms with van der Waals surface area (Å²) in [5, 5.41) is 0.636. The van der Waals surface area contributed by atoms with Crippen LogP contribution in [0.2, 0.25) is 5.02 Å². The summed E-state index contributed by atoms with van der Waals surface area (Å²) in [6, 6.07) is 5.84. The van der Waals surface area contributed by atoms with Crippen molar-refractivity contribution in [3.05, 3.63) is 28.8 Å². The largest absolute Gasteiger partial charge is 0.398 e. The molecule has 0 bridgehead atoms. The van der Waals surface area contributed by atoms with Crippen molar-refractivity contribution in [2.75, 3.05) is 32.1 Å². The van der Waals surface area contributed by atoms with Crippen LogP contribution < -0.4 is 5.73 Å². The van der Waals surface area contributed by atoms with Crippen molar-refractivity contribution >= 4 is 29.1 Å². The molecule has 84 valence electrons. The third-order valence-electron chi connectivity index (χ3n) is 2.01. The molecule has 0 saturated heterocycles. The Balaban J connectivity index is 2.35. The average Bonchev–Trinajstić information content (AvgIpc) is 2.18. The zero-order valence-corrected chi connectivity index (χ0v) is 10.7. The van der Waals surface area contributed by atoms with Gasteiger partial charge >= 0.3 is 0 Å². The summed E-state index contributed by atoms with van der Waals surface area (Å²) in [4.78, 5) is 2.18. The van der Waals surface area contributed by atoms with E-state index < -0.39 is 0 Å². The quantitative estimate of drug-likeness (QED) is 0.638. The molecule has 1 aromatic carbocycles. The van der Waals surface area contributed by atoms with Gasteiger partial charge in [0.25, 0.3) is 0 Å². The number of benzene rings is 1. The Bertz CT molecular complexity index is 315. The van der Waals surface area contributed by atoms with E-state index in [2.05, 4.69) is 19.0 Å². The number of nitrogens with two attached hydrogens (primary N) is 1. The van der Waals surface area contributed by atoms with Gasteiger partial charge in [0.15, 0.2) is 0 Å². The molecule has 0 amide bonds. The summed E-state index contributed by atoms with van der Waals surface area (Å²) < 4.78 is 0. The van der Waals surface area contributed by atoms with Crippen LogP contribution in [0, 0.1) is 0 Å². The van der Waals surface area contributed by atoms with Crippen LogP contribution in [0.1, 0.15) is 5.56 Å². The summed E-state index contributed by atoms with van der Waals surface area (Å²) in [7, 11) is 4.17. The lowest BCUT2D eigenvalue weighted by Gasteiger charge is -2.09. The molecule has 2 N–H and O–H groups in total. The lowest BCUT2D eigenvalue weighted by molar-refractivity contribution is 0.437.